The largest absolute Gasteiger partial charge is 0.388 e. The zero-order valence-corrected chi connectivity index (χ0v) is 11.2. The molecule has 2 heteroatoms. The van der Waals surface area contributed by atoms with Gasteiger partial charge in [0.1, 0.15) is 5.82 Å². The average molecular weight is 236 g/mol. The molecule has 1 unspecified atom stereocenters. The Morgan fingerprint density at radius 2 is 1.71 bits per heavy atom. The Kier molecular flexibility index (Phi) is 2.62. The van der Waals surface area contributed by atoms with Gasteiger partial charge in [0.05, 0.1) is 6.10 Å². The van der Waals surface area contributed by atoms with E-state index in [-0.39, 0.29) is 22.6 Å². The fourth-order valence-corrected chi connectivity index (χ4v) is 3.15. The molecule has 0 aromatic heterocycles. The molecule has 1 fully saturated rings. The highest BCUT2D eigenvalue weighted by Gasteiger charge is 2.67. The third-order valence-corrected chi connectivity index (χ3v) is 5.01. The Balaban J connectivity index is 2.34. The van der Waals surface area contributed by atoms with Crippen LogP contribution in [0.25, 0.3) is 0 Å². The number of aliphatic hydroxyl groups is 1. The second-order valence-corrected chi connectivity index (χ2v) is 6.37. The minimum absolute atomic E-state index is 0.102. The van der Waals surface area contributed by atoms with Crippen LogP contribution in [-0.4, -0.2) is 5.11 Å². The fourth-order valence-electron chi connectivity index (χ4n) is 3.15. The van der Waals surface area contributed by atoms with E-state index >= 15 is 0 Å². The number of hydrogen-bond donors (Lipinski definition) is 1. The first kappa shape index (κ1) is 12.6. The number of benzene rings is 1. The van der Waals surface area contributed by atoms with Crippen LogP contribution in [0.4, 0.5) is 4.39 Å². The number of rotatable bonds is 2. The molecule has 1 aliphatic carbocycles. The summed E-state index contributed by atoms with van der Waals surface area (Å²) in [7, 11) is 0. The van der Waals surface area contributed by atoms with Crippen LogP contribution < -0.4 is 0 Å². The van der Waals surface area contributed by atoms with Gasteiger partial charge in [-0.05, 0) is 41.0 Å². The lowest BCUT2D eigenvalue weighted by atomic mass is 9.96. The maximum atomic E-state index is 13.3. The van der Waals surface area contributed by atoms with Crippen molar-refractivity contribution in [2.75, 3.05) is 0 Å². The molecule has 0 amide bonds. The molecule has 0 saturated heterocycles. The first-order valence-corrected chi connectivity index (χ1v) is 6.13. The second-order valence-electron chi connectivity index (χ2n) is 6.37. The van der Waals surface area contributed by atoms with Crippen molar-refractivity contribution in [2.24, 2.45) is 16.7 Å². The second kappa shape index (κ2) is 3.55. The van der Waals surface area contributed by atoms with Crippen molar-refractivity contribution in [3.63, 3.8) is 0 Å². The number of halogens is 1. The van der Waals surface area contributed by atoms with Gasteiger partial charge in [-0.3, -0.25) is 0 Å². The Hall–Kier alpha value is -0.890. The van der Waals surface area contributed by atoms with Gasteiger partial charge in [0.25, 0.3) is 0 Å². The van der Waals surface area contributed by atoms with E-state index in [2.05, 4.69) is 27.7 Å². The number of aryl methyl sites for hydroxylation is 1. The van der Waals surface area contributed by atoms with E-state index in [0.29, 0.717) is 0 Å². The summed E-state index contributed by atoms with van der Waals surface area (Å²) in [6.07, 6.45) is -0.573. The van der Waals surface area contributed by atoms with E-state index in [1.165, 1.54) is 12.1 Å². The number of hydrogen-bond acceptors (Lipinski definition) is 1. The van der Waals surface area contributed by atoms with Gasteiger partial charge < -0.3 is 5.11 Å². The van der Waals surface area contributed by atoms with Crippen LogP contribution in [-0.2, 0) is 0 Å². The molecule has 2 rings (SSSR count). The van der Waals surface area contributed by atoms with Gasteiger partial charge in [-0.2, -0.15) is 0 Å². The third-order valence-electron chi connectivity index (χ3n) is 5.01. The van der Waals surface area contributed by atoms with Crippen LogP contribution in [0, 0.1) is 29.5 Å². The van der Waals surface area contributed by atoms with E-state index in [9.17, 15) is 9.50 Å². The molecule has 1 aromatic rings. The summed E-state index contributed by atoms with van der Waals surface area (Å²) in [5.41, 5.74) is 1.89. The van der Waals surface area contributed by atoms with Crippen molar-refractivity contribution in [1.29, 1.82) is 0 Å². The Morgan fingerprint density at radius 3 is 2.18 bits per heavy atom. The predicted octanol–water partition coefficient (Wildman–Crippen LogP) is 3.85. The molecule has 1 nitrogen and oxygen atoms in total. The molecule has 94 valence electrons. The van der Waals surface area contributed by atoms with E-state index in [1.54, 1.807) is 6.07 Å². The monoisotopic (exact) mass is 236 g/mol. The molecular formula is C15H21FO. The first-order chi connectivity index (χ1) is 7.69. The maximum Gasteiger partial charge on any atom is 0.123 e. The molecule has 0 bridgehead atoms. The summed E-state index contributed by atoms with van der Waals surface area (Å²) < 4.78 is 13.3. The van der Waals surface area contributed by atoms with Gasteiger partial charge in [-0.15, -0.1) is 0 Å². The summed E-state index contributed by atoms with van der Waals surface area (Å²) in [5, 5.41) is 10.5. The highest BCUT2D eigenvalue weighted by atomic mass is 19.1. The van der Waals surface area contributed by atoms with E-state index in [0.717, 1.165) is 11.1 Å². The lowest BCUT2D eigenvalue weighted by molar-refractivity contribution is 0.129. The third kappa shape index (κ3) is 1.70. The van der Waals surface area contributed by atoms with Gasteiger partial charge >= 0.3 is 0 Å². The van der Waals surface area contributed by atoms with Crippen molar-refractivity contribution < 1.29 is 9.50 Å². The van der Waals surface area contributed by atoms with E-state index < -0.39 is 6.10 Å². The summed E-state index contributed by atoms with van der Waals surface area (Å²) in [5.74, 6) is -0.0867. The van der Waals surface area contributed by atoms with Gasteiger partial charge in [0.15, 0.2) is 0 Å². The smallest absolute Gasteiger partial charge is 0.123 e. The van der Waals surface area contributed by atoms with Crippen LogP contribution in [0.1, 0.15) is 44.9 Å². The molecule has 1 saturated carbocycles. The van der Waals surface area contributed by atoms with Gasteiger partial charge in [-0.25, -0.2) is 4.39 Å². The topological polar surface area (TPSA) is 20.2 Å². The van der Waals surface area contributed by atoms with Crippen molar-refractivity contribution in [3.05, 3.63) is 35.1 Å². The zero-order valence-electron chi connectivity index (χ0n) is 11.2. The summed E-state index contributed by atoms with van der Waals surface area (Å²) in [4.78, 5) is 0. The average Bonchev–Trinajstić information content (AvgIpc) is 2.61. The molecule has 0 heterocycles. The zero-order chi connectivity index (χ0) is 13.0. The molecule has 1 N–H and O–H groups in total. The molecule has 17 heavy (non-hydrogen) atoms. The van der Waals surface area contributed by atoms with Crippen LogP contribution in [0.3, 0.4) is 0 Å². The van der Waals surface area contributed by atoms with Crippen molar-refractivity contribution in [2.45, 2.75) is 40.7 Å². The SMILES string of the molecule is Cc1ccc(F)cc1C(O)C1C(C)(C)C1(C)C. The standard InChI is InChI=1S/C15H21FO/c1-9-6-7-10(16)8-11(9)12(17)13-14(2,3)15(13,4)5/h6-8,12-13,17H,1-5H3. The van der Waals surface area contributed by atoms with Crippen LogP contribution in [0.15, 0.2) is 18.2 Å². The molecule has 1 aliphatic rings. The highest BCUT2D eigenvalue weighted by Crippen LogP contribution is 2.72. The molecular weight excluding hydrogens is 215 g/mol. The van der Waals surface area contributed by atoms with E-state index in [1.807, 2.05) is 6.92 Å². The highest BCUT2D eigenvalue weighted by molar-refractivity contribution is 5.32. The van der Waals surface area contributed by atoms with Gasteiger partial charge in [0, 0.05) is 5.92 Å². The summed E-state index contributed by atoms with van der Waals surface area (Å²) >= 11 is 0. The van der Waals surface area contributed by atoms with Crippen LogP contribution >= 0.6 is 0 Å². The Labute approximate surface area is 103 Å². The van der Waals surface area contributed by atoms with Crippen molar-refractivity contribution in [1.82, 2.24) is 0 Å². The number of aliphatic hydroxyl groups excluding tert-OH is 1. The fraction of sp³-hybridized carbons (Fsp3) is 0.600. The normalized spacial score (nSPS) is 23.5. The Morgan fingerprint density at radius 1 is 1.18 bits per heavy atom. The van der Waals surface area contributed by atoms with Gasteiger partial charge in [-0.1, -0.05) is 33.8 Å². The first-order valence-electron chi connectivity index (χ1n) is 6.13. The van der Waals surface area contributed by atoms with Crippen LogP contribution in [0.2, 0.25) is 0 Å². The van der Waals surface area contributed by atoms with Gasteiger partial charge in [0.2, 0.25) is 0 Å². The van der Waals surface area contributed by atoms with E-state index in [4.69, 9.17) is 0 Å². The lowest BCUT2D eigenvalue weighted by Gasteiger charge is -2.16. The van der Waals surface area contributed by atoms with Crippen molar-refractivity contribution >= 4 is 0 Å². The van der Waals surface area contributed by atoms with Crippen molar-refractivity contribution in [3.8, 4) is 0 Å². The summed E-state index contributed by atoms with van der Waals surface area (Å²) in [6.45, 7) is 10.6. The van der Waals surface area contributed by atoms with Crippen LogP contribution in [0.5, 0.6) is 0 Å². The molecule has 0 spiro atoms. The minimum atomic E-state index is -0.573. The molecule has 1 atom stereocenters. The molecule has 0 aliphatic heterocycles. The molecule has 1 aromatic carbocycles. The molecule has 0 radical (unpaired) electrons. The predicted molar refractivity (Wildman–Crippen MR) is 67.1 cm³/mol. The lowest BCUT2D eigenvalue weighted by Crippen LogP contribution is -2.07. The summed E-state index contributed by atoms with van der Waals surface area (Å²) in [6, 6.07) is 4.63. The quantitative estimate of drug-likeness (QED) is 0.827. The minimum Gasteiger partial charge on any atom is -0.388 e. The maximum absolute atomic E-state index is 13.3. The Bertz CT molecular complexity index is 434.